The molecule has 0 amide bonds. The summed E-state index contributed by atoms with van der Waals surface area (Å²) in [4.78, 5) is 0. The number of hydrogen-bond donors (Lipinski definition) is 0. The van der Waals surface area contributed by atoms with Gasteiger partial charge in [-0.05, 0) is 12.1 Å². The number of hydrogen-bond acceptors (Lipinski definition) is 2. The first-order valence-corrected chi connectivity index (χ1v) is 5.54. The maximum Gasteiger partial charge on any atom is 0.488 e. The van der Waals surface area contributed by atoms with Gasteiger partial charge in [0.05, 0.1) is 5.69 Å². The van der Waals surface area contributed by atoms with Gasteiger partial charge in [-0.3, -0.25) is 0 Å². The predicted octanol–water partition coefficient (Wildman–Crippen LogP) is 3.83. The van der Waals surface area contributed by atoms with Crippen molar-refractivity contribution in [1.82, 2.24) is 0 Å². The van der Waals surface area contributed by atoms with Gasteiger partial charge in [-0.25, -0.2) is 4.21 Å². The van der Waals surface area contributed by atoms with E-state index in [1.165, 1.54) is 18.2 Å². The molecule has 0 saturated heterocycles. The van der Waals surface area contributed by atoms with Crippen molar-refractivity contribution in [3.63, 3.8) is 0 Å². The zero-order valence-corrected chi connectivity index (χ0v) is 8.73. The van der Waals surface area contributed by atoms with Crippen LogP contribution in [0.3, 0.4) is 0 Å². The highest BCUT2D eigenvalue weighted by molar-refractivity contribution is 7.95. The highest BCUT2D eigenvalue weighted by Crippen LogP contribution is 2.40. The van der Waals surface area contributed by atoms with Crippen LogP contribution in [0.15, 0.2) is 34.7 Å². The molecule has 0 radical (unpaired) electrons. The maximum absolute atomic E-state index is 12.2. The molecule has 1 aromatic carbocycles. The monoisotopic (exact) mass is 277 g/mol. The van der Waals surface area contributed by atoms with E-state index in [9.17, 15) is 30.6 Å². The average Bonchev–Trinajstić information content (AvgIpc) is 2.15. The van der Waals surface area contributed by atoms with Gasteiger partial charge >= 0.3 is 11.0 Å². The van der Waals surface area contributed by atoms with Gasteiger partial charge in [-0.15, -0.1) is 0 Å². The second kappa shape index (κ2) is 4.21. The van der Waals surface area contributed by atoms with E-state index >= 15 is 0 Å². The molecule has 0 fully saturated rings. The quantitative estimate of drug-likeness (QED) is 0.717. The molecule has 17 heavy (non-hydrogen) atoms. The Balaban J connectivity index is 3.48. The van der Waals surface area contributed by atoms with Crippen LogP contribution in [0.4, 0.5) is 32.0 Å². The Labute approximate surface area is 92.4 Å². The van der Waals surface area contributed by atoms with Crippen LogP contribution in [-0.4, -0.2) is 15.2 Å². The van der Waals surface area contributed by atoms with Crippen molar-refractivity contribution in [2.24, 2.45) is 4.36 Å². The van der Waals surface area contributed by atoms with Crippen LogP contribution in [0.2, 0.25) is 0 Å². The standard InChI is InChI=1S/C8H5F6NOS/c9-7(10,11)17(16,8(12,13)14)15-6-4-2-1-3-5-6/h1-5H. The summed E-state index contributed by atoms with van der Waals surface area (Å²) in [6.07, 6.45) is 0. The van der Waals surface area contributed by atoms with Gasteiger partial charge in [-0.1, -0.05) is 18.2 Å². The fourth-order valence-corrected chi connectivity index (χ4v) is 1.76. The molecule has 0 aliphatic heterocycles. The fourth-order valence-electron chi connectivity index (χ4n) is 0.872. The summed E-state index contributed by atoms with van der Waals surface area (Å²) in [6.45, 7) is 0. The largest absolute Gasteiger partial charge is 0.488 e. The van der Waals surface area contributed by atoms with Crippen LogP contribution < -0.4 is 0 Å². The van der Waals surface area contributed by atoms with Crippen LogP contribution in [-0.2, 0) is 9.73 Å². The summed E-state index contributed by atoms with van der Waals surface area (Å²) in [5.41, 5.74) is -12.6. The summed E-state index contributed by atoms with van der Waals surface area (Å²) in [6, 6.07) is 5.55. The highest BCUT2D eigenvalue weighted by atomic mass is 32.2. The topological polar surface area (TPSA) is 29.4 Å². The van der Waals surface area contributed by atoms with E-state index in [4.69, 9.17) is 0 Å². The third kappa shape index (κ3) is 2.71. The van der Waals surface area contributed by atoms with E-state index in [-0.39, 0.29) is 0 Å². The van der Waals surface area contributed by atoms with Crippen LogP contribution in [0.5, 0.6) is 0 Å². The van der Waals surface area contributed by atoms with Gasteiger partial charge in [-0.2, -0.15) is 30.7 Å². The molecule has 0 heterocycles. The van der Waals surface area contributed by atoms with Crippen molar-refractivity contribution < 1.29 is 30.6 Å². The molecule has 0 spiro atoms. The lowest BCUT2D eigenvalue weighted by Gasteiger charge is -2.15. The van der Waals surface area contributed by atoms with E-state index < -0.39 is 26.4 Å². The summed E-state index contributed by atoms with van der Waals surface area (Å²) in [5.74, 6) is 0. The predicted molar refractivity (Wildman–Crippen MR) is 48.8 cm³/mol. The van der Waals surface area contributed by atoms with Gasteiger partial charge in [0.25, 0.3) is 0 Å². The Bertz CT molecular complexity index is 477. The molecule has 0 aliphatic carbocycles. The number of alkyl halides is 6. The molecule has 0 bridgehead atoms. The molecular weight excluding hydrogens is 272 g/mol. The summed E-state index contributed by atoms with van der Waals surface area (Å²) in [5, 5.41) is 0. The molecule has 0 atom stereocenters. The Morgan fingerprint density at radius 3 is 1.65 bits per heavy atom. The number of rotatable bonds is 1. The third-order valence-corrected chi connectivity index (χ3v) is 3.34. The Hall–Kier alpha value is -1.25. The molecule has 0 unspecified atom stereocenters. The highest BCUT2D eigenvalue weighted by Gasteiger charge is 2.61. The minimum absolute atomic E-state index is 0.646. The van der Waals surface area contributed by atoms with Crippen LogP contribution in [0, 0.1) is 0 Å². The minimum Gasteiger partial charge on any atom is -0.231 e. The molecule has 2 nitrogen and oxygen atoms in total. The SMILES string of the molecule is O=S(=Nc1ccccc1)(C(F)(F)F)C(F)(F)F. The summed E-state index contributed by atoms with van der Waals surface area (Å²) >= 11 is 0. The van der Waals surface area contributed by atoms with Gasteiger partial charge in [0.1, 0.15) is 0 Å². The van der Waals surface area contributed by atoms with Gasteiger partial charge in [0.2, 0.25) is 9.73 Å². The number of nitrogens with zero attached hydrogens (tertiary/aromatic N) is 1. The first-order valence-electron chi connectivity index (χ1n) is 4.03. The molecule has 0 saturated carbocycles. The first kappa shape index (κ1) is 13.8. The Kier molecular flexibility index (Phi) is 3.42. The van der Waals surface area contributed by atoms with Crippen molar-refractivity contribution in [3.05, 3.63) is 30.3 Å². The van der Waals surface area contributed by atoms with Crippen LogP contribution in [0.1, 0.15) is 0 Å². The number of benzene rings is 1. The Morgan fingerprint density at radius 2 is 1.29 bits per heavy atom. The second-order valence-electron chi connectivity index (χ2n) is 2.84. The van der Waals surface area contributed by atoms with Gasteiger partial charge in [0.15, 0.2) is 0 Å². The first-order chi connectivity index (χ1) is 7.58. The average molecular weight is 277 g/mol. The third-order valence-electron chi connectivity index (χ3n) is 1.62. The molecule has 1 aromatic rings. The van der Waals surface area contributed by atoms with E-state index in [2.05, 4.69) is 4.36 Å². The summed E-state index contributed by atoms with van der Waals surface area (Å²) in [7, 11) is -6.35. The second-order valence-corrected chi connectivity index (χ2v) is 5.00. The van der Waals surface area contributed by atoms with Gasteiger partial charge in [0, 0.05) is 0 Å². The summed E-state index contributed by atoms with van der Waals surface area (Å²) < 4.78 is 86.5. The zero-order valence-electron chi connectivity index (χ0n) is 7.92. The molecule has 0 aromatic heterocycles. The molecule has 1 rings (SSSR count). The smallest absolute Gasteiger partial charge is 0.231 e. The minimum atomic E-state index is -6.35. The molecule has 0 N–H and O–H groups in total. The van der Waals surface area contributed by atoms with Gasteiger partial charge < -0.3 is 0 Å². The fraction of sp³-hybridized carbons (Fsp3) is 0.250. The van der Waals surface area contributed by atoms with Crippen molar-refractivity contribution in [2.75, 3.05) is 0 Å². The Morgan fingerprint density at radius 1 is 0.882 bits per heavy atom. The number of halogens is 6. The van der Waals surface area contributed by atoms with Crippen molar-refractivity contribution in [2.45, 2.75) is 11.0 Å². The van der Waals surface area contributed by atoms with Crippen molar-refractivity contribution in [3.8, 4) is 0 Å². The van der Waals surface area contributed by atoms with E-state index in [1.54, 1.807) is 0 Å². The zero-order chi connectivity index (χ0) is 13.3. The molecular formula is C8H5F6NOS. The van der Waals surface area contributed by atoms with E-state index in [1.807, 2.05) is 0 Å². The van der Waals surface area contributed by atoms with Crippen molar-refractivity contribution in [1.29, 1.82) is 0 Å². The lowest BCUT2D eigenvalue weighted by molar-refractivity contribution is -0.0826. The molecule has 0 aliphatic rings. The normalized spacial score (nSPS) is 13.5. The molecule has 96 valence electrons. The van der Waals surface area contributed by atoms with Crippen LogP contribution in [0.25, 0.3) is 0 Å². The molecule has 9 heteroatoms. The van der Waals surface area contributed by atoms with Crippen LogP contribution >= 0.6 is 0 Å². The lowest BCUT2D eigenvalue weighted by atomic mass is 10.3. The van der Waals surface area contributed by atoms with E-state index in [0.717, 1.165) is 12.1 Å². The lowest BCUT2D eigenvalue weighted by Crippen LogP contribution is -2.36. The van der Waals surface area contributed by atoms with Crippen molar-refractivity contribution >= 4 is 15.4 Å². The van der Waals surface area contributed by atoms with E-state index in [0.29, 0.717) is 0 Å². The maximum atomic E-state index is 12.2.